The maximum absolute atomic E-state index is 3.65. The minimum Gasteiger partial charge on any atom is -0.314 e. The third-order valence-electron chi connectivity index (χ3n) is 5.38. The molecule has 2 nitrogen and oxygen atoms in total. The van der Waals surface area contributed by atoms with Gasteiger partial charge in [-0.15, -0.1) is 0 Å². The number of hydrogen-bond donors (Lipinski definition) is 1. The summed E-state index contributed by atoms with van der Waals surface area (Å²) in [6.45, 7) is 9.86. The molecule has 0 aromatic rings. The molecule has 104 valence electrons. The average molecular weight is 250 g/mol. The van der Waals surface area contributed by atoms with Crippen LogP contribution in [0.15, 0.2) is 0 Å². The first kappa shape index (κ1) is 12.9. The van der Waals surface area contributed by atoms with Gasteiger partial charge in [0.25, 0.3) is 0 Å². The highest BCUT2D eigenvalue weighted by Crippen LogP contribution is 2.49. The van der Waals surface area contributed by atoms with E-state index in [4.69, 9.17) is 0 Å². The van der Waals surface area contributed by atoms with Gasteiger partial charge in [-0.1, -0.05) is 13.8 Å². The van der Waals surface area contributed by atoms with E-state index in [1.807, 2.05) is 0 Å². The van der Waals surface area contributed by atoms with Gasteiger partial charge in [0.15, 0.2) is 0 Å². The van der Waals surface area contributed by atoms with Crippen LogP contribution in [-0.2, 0) is 0 Å². The Morgan fingerprint density at radius 1 is 1.11 bits per heavy atom. The number of likely N-dealkylation sites (tertiary alicyclic amines) is 1. The Bertz CT molecular complexity index is 258. The monoisotopic (exact) mass is 250 g/mol. The highest BCUT2D eigenvalue weighted by atomic mass is 15.2. The Morgan fingerprint density at radius 3 is 2.28 bits per heavy atom. The van der Waals surface area contributed by atoms with Crippen molar-refractivity contribution < 1.29 is 0 Å². The van der Waals surface area contributed by atoms with E-state index in [0.717, 1.165) is 36.3 Å². The van der Waals surface area contributed by atoms with Gasteiger partial charge in [0.05, 0.1) is 0 Å². The zero-order valence-corrected chi connectivity index (χ0v) is 12.2. The molecule has 2 aliphatic carbocycles. The predicted molar refractivity (Wildman–Crippen MR) is 76.6 cm³/mol. The SMILES string of the molecule is CCNC1CCN(CC(C2CC2)C2CC2)CC1C. The first-order valence-corrected chi connectivity index (χ1v) is 8.23. The van der Waals surface area contributed by atoms with Crippen LogP contribution in [0.1, 0.15) is 46.0 Å². The highest BCUT2D eigenvalue weighted by Gasteiger charge is 2.42. The van der Waals surface area contributed by atoms with Crippen LogP contribution in [0.2, 0.25) is 0 Å². The quantitative estimate of drug-likeness (QED) is 0.780. The van der Waals surface area contributed by atoms with E-state index in [2.05, 4.69) is 24.1 Å². The Hall–Kier alpha value is -0.0800. The lowest BCUT2D eigenvalue weighted by atomic mass is 9.91. The topological polar surface area (TPSA) is 15.3 Å². The van der Waals surface area contributed by atoms with E-state index in [0.29, 0.717) is 0 Å². The van der Waals surface area contributed by atoms with Crippen LogP contribution in [0.25, 0.3) is 0 Å². The maximum atomic E-state index is 3.65. The van der Waals surface area contributed by atoms with Crippen molar-refractivity contribution in [3.8, 4) is 0 Å². The van der Waals surface area contributed by atoms with Crippen LogP contribution in [0, 0.1) is 23.7 Å². The van der Waals surface area contributed by atoms with Gasteiger partial charge in [-0.2, -0.15) is 0 Å². The van der Waals surface area contributed by atoms with E-state index in [1.54, 1.807) is 0 Å². The molecule has 1 saturated heterocycles. The van der Waals surface area contributed by atoms with Crippen LogP contribution in [0.4, 0.5) is 0 Å². The molecular formula is C16H30N2. The van der Waals surface area contributed by atoms with Gasteiger partial charge in [-0.3, -0.25) is 0 Å². The summed E-state index contributed by atoms with van der Waals surface area (Å²) in [7, 11) is 0. The van der Waals surface area contributed by atoms with Gasteiger partial charge >= 0.3 is 0 Å². The zero-order valence-electron chi connectivity index (χ0n) is 12.2. The molecule has 2 heteroatoms. The second-order valence-corrected chi connectivity index (χ2v) is 7.03. The normalized spacial score (nSPS) is 34.2. The Morgan fingerprint density at radius 2 is 1.78 bits per heavy atom. The number of nitrogens with zero attached hydrogens (tertiary/aromatic N) is 1. The summed E-state index contributed by atoms with van der Waals surface area (Å²) in [6.07, 6.45) is 7.49. The number of hydrogen-bond acceptors (Lipinski definition) is 2. The standard InChI is InChI=1S/C16H30N2/c1-3-17-16-8-9-18(10-12(16)2)11-15(13-4-5-13)14-6-7-14/h12-17H,3-11H2,1-2H3. The molecule has 18 heavy (non-hydrogen) atoms. The first-order chi connectivity index (χ1) is 8.78. The molecule has 0 spiro atoms. The Balaban J connectivity index is 1.48. The smallest absolute Gasteiger partial charge is 0.0117 e. The molecule has 0 radical (unpaired) electrons. The summed E-state index contributed by atoms with van der Waals surface area (Å²) < 4.78 is 0. The van der Waals surface area contributed by atoms with Gasteiger partial charge in [-0.25, -0.2) is 0 Å². The summed E-state index contributed by atoms with van der Waals surface area (Å²) >= 11 is 0. The largest absolute Gasteiger partial charge is 0.314 e. The highest BCUT2D eigenvalue weighted by molar-refractivity contribution is 4.94. The summed E-state index contributed by atoms with van der Waals surface area (Å²) in [5.41, 5.74) is 0. The van der Waals surface area contributed by atoms with Gasteiger partial charge in [0, 0.05) is 19.1 Å². The molecule has 2 atom stereocenters. The third-order valence-corrected chi connectivity index (χ3v) is 5.38. The van der Waals surface area contributed by atoms with Crippen LogP contribution >= 0.6 is 0 Å². The van der Waals surface area contributed by atoms with E-state index in [9.17, 15) is 0 Å². The molecule has 2 unspecified atom stereocenters. The Labute approximate surface area is 113 Å². The van der Waals surface area contributed by atoms with E-state index >= 15 is 0 Å². The van der Waals surface area contributed by atoms with Crippen molar-refractivity contribution in [2.24, 2.45) is 23.7 Å². The Kier molecular flexibility index (Phi) is 3.95. The molecule has 2 saturated carbocycles. The van der Waals surface area contributed by atoms with Crippen LogP contribution in [0.5, 0.6) is 0 Å². The van der Waals surface area contributed by atoms with Crippen molar-refractivity contribution in [1.82, 2.24) is 10.2 Å². The number of piperidine rings is 1. The van der Waals surface area contributed by atoms with Gasteiger partial charge in [0.1, 0.15) is 0 Å². The predicted octanol–water partition coefficient (Wildman–Crippen LogP) is 2.74. The van der Waals surface area contributed by atoms with Crippen molar-refractivity contribution in [2.45, 2.75) is 52.0 Å². The number of nitrogens with one attached hydrogen (secondary N) is 1. The van der Waals surface area contributed by atoms with Crippen molar-refractivity contribution in [1.29, 1.82) is 0 Å². The fourth-order valence-corrected chi connectivity index (χ4v) is 3.99. The lowest BCUT2D eigenvalue weighted by molar-refractivity contribution is 0.119. The summed E-state index contributed by atoms with van der Waals surface area (Å²) in [5, 5.41) is 3.65. The van der Waals surface area contributed by atoms with Crippen LogP contribution in [0.3, 0.4) is 0 Å². The van der Waals surface area contributed by atoms with Crippen LogP contribution < -0.4 is 5.32 Å². The third kappa shape index (κ3) is 3.08. The second kappa shape index (κ2) is 5.50. The summed E-state index contributed by atoms with van der Waals surface area (Å²) in [6, 6.07) is 0.770. The fourth-order valence-electron chi connectivity index (χ4n) is 3.99. The molecule has 0 amide bonds. The molecule has 3 aliphatic rings. The minimum absolute atomic E-state index is 0.770. The molecule has 0 aromatic heterocycles. The second-order valence-electron chi connectivity index (χ2n) is 7.03. The maximum Gasteiger partial charge on any atom is 0.0117 e. The van der Waals surface area contributed by atoms with Crippen molar-refractivity contribution in [3.05, 3.63) is 0 Å². The van der Waals surface area contributed by atoms with Crippen molar-refractivity contribution in [3.63, 3.8) is 0 Å². The molecule has 1 N–H and O–H groups in total. The van der Waals surface area contributed by atoms with E-state index < -0.39 is 0 Å². The van der Waals surface area contributed by atoms with E-state index in [-0.39, 0.29) is 0 Å². The average Bonchev–Trinajstić information content (AvgIpc) is 3.23. The molecule has 3 fully saturated rings. The minimum atomic E-state index is 0.770. The summed E-state index contributed by atoms with van der Waals surface area (Å²) in [4.78, 5) is 2.78. The van der Waals surface area contributed by atoms with Gasteiger partial charge in [0.2, 0.25) is 0 Å². The summed E-state index contributed by atoms with van der Waals surface area (Å²) in [5.74, 6) is 4.12. The zero-order chi connectivity index (χ0) is 12.5. The van der Waals surface area contributed by atoms with Crippen molar-refractivity contribution >= 4 is 0 Å². The molecule has 0 bridgehead atoms. The lowest BCUT2D eigenvalue weighted by Gasteiger charge is -2.39. The van der Waals surface area contributed by atoms with Gasteiger partial charge < -0.3 is 10.2 Å². The fraction of sp³-hybridized carbons (Fsp3) is 1.00. The van der Waals surface area contributed by atoms with Gasteiger partial charge in [-0.05, 0) is 68.9 Å². The first-order valence-electron chi connectivity index (χ1n) is 8.23. The number of rotatable bonds is 6. The van der Waals surface area contributed by atoms with Crippen LogP contribution in [-0.4, -0.2) is 37.1 Å². The molecular weight excluding hydrogens is 220 g/mol. The molecule has 3 rings (SSSR count). The molecule has 1 heterocycles. The molecule has 1 aliphatic heterocycles. The lowest BCUT2D eigenvalue weighted by Crippen LogP contribution is -2.49. The molecule has 0 aromatic carbocycles. The van der Waals surface area contributed by atoms with Crippen molar-refractivity contribution in [2.75, 3.05) is 26.2 Å². The van der Waals surface area contributed by atoms with E-state index in [1.165, 1.54) is 51.7 Å².